The molecule has 1 aromatic heterocycles. The van der Waals surface area contributed by atoms with Crippen molar-refractivity contribution in [3.8, 4) is 0 Å². The van der Waals surface area contributed by atoms with Crippen LogP contribution in [-0.2, 0) is 6.42 Å². The predicted octanol–water partition coefficient (Wildman–Crippen LogP) is 4.58. The molecule has 2 rings (SSSR count). The SMILES string of the molecule is CCCNC(Cc1ccnc2ccccc12)C(C)(C)CC. The van der Waals surface area contributed by atoms with Crippen molar-refractivity contribution < 1.29 is 0 Å². The molecule has 0 fully saturated rings. The Morgan fingerprint density at radius 2 is 1.90 bits per heavy atom. The van der Waals surface area contributed by atoms with Gasteiger partial charge < -0.3 is 5.32 Å². The Morgan fingerprint density at radius 3 is 2.62 bits per heavy atom. The number of benzene rings is 1. The fourth-order valence-corrected chi connectivity index (χ4v) is 2.74. The quantitative estimate of drug-likeness (QED) is 0.805. The topological polar surface area (TPSA) is 24.9 Å². The van der Waals surface area contributed by atoms with E-state index in [9.17, 15) is 0 Å². The maximum absolute atomic E-state index is 4.47. The third-order valence-electron chi connectivity index (χ3n) is 4.66. The molecule has 0 aliphatic rings. The zero-order chi connectivity index (χ0) is 15.3. The normalized spacial score (nSPS) is 13.5. The molecule has 1 unspecified atom stereocenters. The first-order valence-corrected chi connectivity index (χ1v) is 8.14. The number of hydrogen-bond acceptors (Lipinski definition) is 2. The molecule has 0 saturated heterocycles. The van der Waals surface area contributed by atoms with Crippen LogP contribution >= 0.6 is 0 Å². The van der Waals surface area contributed by atoms with Gasteiger partial charge in [0.2, 0.25) is 0 Å². The van der Waals surface area contributed by atoms with Gasteiger partial charge in [-0.2, -0.15) is 0 Å². The van der Waals surface area contributed by atoms with Crippen LogP contribution in [0.15, 0.2) is 36.5 Å². The summed E-state index contributed by atoms with van der Waals surface area (Å²) in [5, 5.41) is 5.04. The molecule has 114 valence electrons. The van der Waals surface area contributed by atoms with Crippen molar-refractivity contribution in [3.05, 3.63) is 42.1 Å². The Balaban J connectivity index is 2.30. The van der Waals surface area contributed by atoms with Gasteiger partial charge in [-0.3, -0.25) is 4.98 Å². The zero-order valence-corrected chi connectivity index (χ0v) is 13.8. The minimum absolute atomic E-state index is 0.291. The van der Waals surface area contributed by atoms with Gasteiger partial charge >= 0.3 is 0 Å². The highest BCUT2D eigenvalue weighted by molar-refractivity contribution is 5.81. The lowest BCUT2D eigenvalue weighted by atomic mass is 9.78. The minimum atomic E-state index is 0.291. The van der Waals surface area contributed by atoms with E-state index in [2.05, 4.69) is 68.3 Å². The maximum atomic E-state index is 4.47. The summed E-state index contributed by atoms with van der Waals surface area (Å²) in [6, 6.07) is 11.1. The molecule has 0 aliphatic heterocycles. The van der Waals surface area contributed by atoms with Crippen molar-refractivity contribution in [2.24, 2.45) is 5.41 Å². The second-order valence-corrected chi connectivity index (χ2v) is 6.54. The van der Waals surface area contributed by atoms with Crippen LogP contribution in [0.5, 0.6) is 0 Å². The Labute approximate surface area is 129 Å². The van der Waals surface area contributed by atoms with E-state index < -0.39 is 0 Å². The molecule has 1 heterocycles. The van der Waals surface area contributed by atoms with Crippen molar-refractivity contribution in [2.75, 3.05) is 6.54 Å². The Hall–Kier alpha value is -1.41. The summed E-state index contributed by atoms with van der Waals surface area (Å²) in [6.07, 6.45) is 5.35. The van der Waals surface area contributed by atoms with Gasteiger partial charge in [0, 0.05) is 17.6 Å². The molecule has 0 saturated carbocycles. The largest absolute Gasteiger partial charge is 0.313 e. The standard InChI is InChI=1S/C19H28N2/c1-5-12-21-18(19(3,4)6-2)14-15-11-13-20-17-10-8-7-9-16(15)17/h7-11,13,18,21H,5-6,12,14H2,1-4H3. The van der Waals surface area contributed by atoms with Gasteiger partial charge in [0.1, 0.15) is 0 Å². The molecule has 0 bridgehead atoms. The van der Waals surface area contributed by atoms with Gasteiger partial charge in [-0.1, -0.05) is 45.9 Å². The molecule has 0 amide bonds. The number of rotatable bonds is 7. The first-order valence-electron chi connectivity index (χ1n) is 8.14. The van der Waals surface area contributed by atoms with Crippen molar-refractivity contribution in [3.63, 3.8) is 0 Å². The van der Waals surface area contributed by atoms with Gasteiger partial charge in [0.15, 0.2) is 0 Å². The van der Waals surface area contributed by atoms with Crippen LogP contribution in [0.1, 0.15) is 46.1 Å². The van der Waals surface area contributed by atoms with Crippen LogP contribution in [0.25, 0.3) is 10.9 Å². The molecule has 0 aliphatic carbocycles. The van der Waals surface area contributed by atoms with Crippen molar-refractivity contribution in [1.29, 1.82) is 0 Å². The van der Waals surface area contributed by atoms with Gasteiger partial charge in [-0.15, -0.1) is 0 Å². The molecule has 2 heteroatoms. The van der Waals surface area contributed by atoms with Crippen molar-refractivity contribution >= 4 is 10.9 Å². The summed E-state index contributed by atoms with van der Waals surface area (Å²) in [5.41, 5.74) is 2.79. The number of aromatic nitrogens is 1. The van der Waals surface area contributed by atoms with E-state index in [0.717, 1.165) is 18.5 Å². The Bertz CT molecular complexity index is 569. The fourth-order valence-electron chi connectivity index (χ4n) is 2.74. The van der Waals surface area contributed by atoms with E-state index in [4.69, 9.17) is 0 Å². The summed E-state index contributed by atoms with van der Waals surface area (Å²) in [6.45, 7) is 10.3. The molecule has 2 nitrogen and oxygen atoms in total. The van der Waals surface area contributed by atoms with Crippen LogP contribution in [0, 0.1) is 5.41 Å². The van der Waals surface area contributed by atoms with E-state index in [1.807, 2.05) is 6.20 Å². The average molecular weight is 284 g/mol. The van der Waals surface area contributed by atoms with E-state index >= 15 is 0 Å². The molecule has 1 atom stereocenters. The molecule has 1 aromatic carbocycles. The monoisotopic (exact) mass is 284 g/mol. The highest BCUT2D eigenvalue weighted by Gasteiger charge is 2.27. The van der Waals surface area contributed by atoms with Crippen LogP contribution in [0.2, 0.25) is 0 Å². The highest BCUT2D eigenvalue weighted by atomic mass is 14.9. The summed E-state index contributed by atoms with van der Waals surface area (Å²) in [7, 11) is 0. The summed E-state index contributed by atoms with van der Waals surface area (Å²) >= 11 is 0. The smallest absolute Gasteiger partial charge is 0.0704 e. The summed E-state index contributed by atoms with van der Waals surface area (Å²) < 4.78 is 0. The molecular weight excluding hydrogens is 256 g/mol. The fraction of sp³-hybridized carbons (Fsp3) is 0.526. The number of nitrogens with zero attached hydrogens (tertiary/aromatic N) is 1. The van der Waals surface area contributed by atoms with Crippen LogP contribution in [-0.4, -0.2) is 17.6 Å². The van der Waals surface area contributed by atoms with E-state index in [-0.39, 0.29) is 0 Å². The molecule has 0 radical (unpaired) electrons. The second kappa shape index (κ2) is 7.04. The number of pyridine rings is 1. The molecule has 1 N–H and O–H groups in total. The maximum Gasteiger partial charge on any atom is 0.0704 e. The third kappa shape index (κ3) is 3.82. The lowest BCUT2D eigenvalue weighted by Gasteiger charge is -2.35. The highest BCUT2D eigenvalue weighted by Crippen LogP contribution is 2.29. The Morgan fingerprint density at radius 1 is 1.14 bits per heavy atom. The number of para-hydroxylation sites is 1. The average Bonchev–Trinajstić information content (AvgIpc) is 2.51. The first-order chi connectivity index (χ1) is 10.1. The zero-order valence-electron chi connectivity index (χ0n) is 13.8. The van der Waals surface area contributed by atoms with Crippen molar-refractivity contribution in [1.82, 2.24) is 10.3 Å². The van der Waals surface area contributed by atoms with Gasteiger partial charge in [0.05, 0.1) is 5.52 Å². The number of fused-ring (bicyclic) bond motifs is 1. The third-order valence-corrected chi connectivity index (χ3v) is 4.66. The molecule has 2 aromatic rings. The van der Waals surface area contributed by atoms with E-state index in [1.54, 1.807) is 0 Å². The van der Waals surface area contributed by atoms with Gasteiger partial charge in [-0.05, 0) is 48.9 Å². The van der Waals surface area contributed by atoms with Crippen LogP contribution < -0.4 is 5.32 Å². The van der Waals surface area contributed by atoms with E-state index in [1.165, 1.54) is 23.8 Å². The first kappa shape index (κ1) is 16.0. The molecular formula is C19H28N2. The Kier molecular flexibility index (Phi) is 5.35. The van der Waals surface area contributed by atoms with Gasteiger partial charge in [-0.25, -0.2) is 0 Å². The number of hydrogen-bond donors (Lipinski definition) is 1. The summed E-state index contributed by atoms with van der Waals surface area (Å²) in [5.74, 6) is 0. The van der Waals surface area contributed by atoms with Crippen LogP contribution in [0.3, 0.4) is 0 Å². The van der Waals surface area contributed by atoms with Crippen LogP contribution in [0.4, 0.5) is 0 Å². The van der Waals surface area contributed by atoms with Gasteiger partial charge in [0.25, 0.3) is 0 Å². The minimum Gasteiger partial charge on any atom is -0.313 e. The second-order valence-electron chi connectivity index (χ2n) is 6.54. The van der Waals surface area contributed by atoms with E-state index in [0.29, 0.717) is 11.5 Å². The lowest BCUT2D eigenvalue weighted by molar-refractivity contribution is 0.230. The summed E-state index contributed by atoms with van der Waals surface area (Å²) in [4.78, 5) is 4.47. The lowest BCUT2D eigenvalue weighted by Crippen LogP contribution is -2.43. The number of nitrogens with one attached hydrogen (secondary N) is 1. The molecule has 0 spiro atoms. The van der Waals surface area contributed by atoms with Crippen molar-refractivity contribution in [2.45, 2.75) is 53.0 Å². The molecule has 21 heavy (non-hydrogen) atoms. The predicted molar refractivity (Wildman–Crippen MR) is 91.6 cm³/mol.